The van der Waals surface area contributed by atoms with Crippen LogP contribution in [0.1, 0.15) is 43.1 Å². The molecule has 25 heavy (non-hydrogen) atoms. The van der Waals surface area contributed by atoms with Crippen LogP contribution < -0.4 is 10.6 Å². The summed E-state index contributed by atoms with van der Waals surface area (Å²) in [6.07, 6.45) is 0.932. The minimum atomic E-state index is -0.292. The summed E-state index contributed by atoms with van der Waals surface area (Å²) < 4.78 is 10.5. The van der Waals surface area contributed by atoms with Gasteiger partial charge in [0.05, 0.1) is 12.2 Å². The number of carbonyl (C=O) groups is 1. The molecular formula is C19H31N3O3. The molecule has 0 amide bonds. The SMILES string of the molecule is CCOC(=O)c1ccc(CNC(=NC)NCCCOCC(C)C)cc1. The normalized spacial score (nSPS) is 11.5. The van der Waals surface area contributed by atoms with Gasteiger partial charge in [-0.25, -0.2) is 4.79 Å². The van der Waals surface area contributed by atoms with E-state index in [1.54, 1.807) is 26.1 Å². The predicted molar refractivity (Wildman–Crippen MR) is 101 cm³/mol. The number of rotatable bonds is 10. The highest BCUT2D eigenvalue weighted by atomic mass is 16.5. The first-order valence-electron chi connectivity index (χ1n) is 8.85. The van der Waals surface area contributed by atoms with Crippen LogP contribution in [0.15, 0.2) is 29.3 Å². The van der Waals surface area contributed by atoms with Crippen molar-refractivity contribution >= 4 is 11.9 Å². The molecule has 0 fully saturated rings. The van der Waals surface area contributed by atoms with Gasteiger partial charge in [0.25, 0.3) is 0 Å². The van der Waals surface area contributed by atoms with Crippen molar-refractivity contribution in [2.75, 3.05) is 33.4 Å². The van der Waals surface area contributed by atoms with Crippen molar-refractivity contribution in [1.82, 2.24) is 10.6 Å². The zero-order valence-electron chi connectivity index (χ0n) is 15.8. The molecule has 0 aliphatic rings. The van der Waals surface area contributed by atoms with E-state index >= 15 is 0 Å². The fourth-order valence-corrected chi connectivity index (χ4v) is 2.08. The molecule has 6 heteroatoms. The van der Waals surface area contributed by atoms with Crippen molar-refractivity contribution in [3.63, 3.8) is 0 Å². The molecule has 0 radical (unpaired) electrons. The maximum absolute atomic E-state index is 11.6. The number of benzene rings is 1. The van der Waals surface area contributed by atoms with Gasteiger partial charge in [-0.15, -0.1) is 0 Å². The number of nitrogens with zero attached hydrogens (tertiary/aromatic N) is 1. The molecule has 0 bridgehead atoms. The summed E-state index contributed by atoms with van der Waals surface area (Å²) in [7, 11) is 1.74. The lowest BCUT2D eigenvalue weighted by molar-refractivity contribution is 0.0526. The van der Waals surface area contributed by atoms with Crippen LogP contribution in [0.5, 0.6) is 0 Å². The third kappa shape index (κ3) is 9.10. The van der Waals surface area contributed by atoms with E-state index in [-0.39, 0.29) is 5.97 Å². The Labute approximate surface area is 151 Å². The first-order chi connectivity index (χ1) is 12.1. The van der Waals surface area contributed by atoms with Crippen molar-refractivity contribution in [1.29, 1.82) is 0 Å². The Hall–Kier alpha value is -2.08. The number of carbonyl (C=O) groups excluding carboxylic acids is 1. The second-order valence-electron chi connectivity index (χ2n) is 6.09. The summed E-state index contributed by atoms with van der Waals surface area (Å²) in [4.78, 5) is 15.8. The Morgan fingerprint density at radius 2 is 1.92 bits per heavy atom. The number of hydrogen-bond acceptors (Lipinski definition) is 4. The second-order valence-corrected chi connectivity index (χ2v) is 6.09. The topological polar surface area (TPSA) is 72.0 Å². The largest absolute Gasteiger partial charge is 0.462 e. The van der Waals surface area contributed by atoms with Crippen LogP contribution in [0.3, 0.4) is 0 Å². The fraction of sp³-hybridized carbons (Fsp3) is 0.579. The van der Waals surface area contributed by atoms with Crippen LogP contribution in [0.25, 0.3) is 0 Å². The molecule has 0 aliphatic carbocycles. The highest BCUT2D eigenvalue weighted by Crippen LogP contribution is 2.06. The Bertz CT molecular complexity index is 527. The van der Waals surface area contributed by atoms with E-state index in [4.69, 9.17) is 9.47 Å². The summed E-state index contributed by atoms with van der Waals surface area (Å²) in [6, 6.07) is 7.37. The van der Waals surface area contributed by atoms with Crippen LogP contribution in [-0.2, 0) is 16.0 Å². The number of aliphatic imine (C=N–C) groups is 1. The summed E-state index contributed by atoms with van der Waals surface area (Å²) in [6.45, 7) is 9.45. The lowest BCUT2D eigenvalue weighted by atomic mass is 10.1. The monoisotopic (exact) mass is 349 g/mol. The Balaban J connectivity index is 2.29. The number of esters is 1. The lowest BCUT2D eigenvalue weighted by Crippen LogP contribution is -2.37. The van der Waals surface area contributed by atoms with E-state index in [2.05, 4.69) is 29.5 Å². The maximum atomic E-state index is 11.6. The third-order valence-electron chi connectivity index (χ3n) is 3.36. The van der Waals surface area contributed by atoms with E-state index in [0.29, 0.717) is 24.6 Å². The summed E-state index contributed by atoms with van der Waals surface area (Å²) in [5.41, 5.74) is 1.63. The van der Waals surface area contributed by atoms with Crippen LogP contribution in [0.2, 0.25) is 0 Å². The Kier molecular flexibility index (Phi) is 10.3. The summed E-state index contributed by atoms with van der Waals surface area (Å²) in [5.74, 6) is 1.02. The van der Waals surface area contributed by atoms with Gasteiger partial charge in [0.2, 0.25) is 0 Å². The molecule has 6 nitrogen and oxygen atoms in total. The average molecular weight is 349 g/mol. The van der Waals surface area contributed by atoms with Gasteiger partial charge >= 0.3 is 5.97 Å². The molecule has 0 aliphatic heterocycles. The summed E-state index contributed by atoms with van der Waals surface area (Å²) >= 11 is 0. The van der Waals surface area contributed by atoms with Gasteiger partial charge in [-0.05, 0) is 37.0 Å². The molecule has 0 saturated carbocycles. The minimum Gasteiger partial charge on any atom is -0.462 e. The van der Waals surface area contributed by atoms with E-state index < -0.39 is 0 Å². The van der Waals surface area contributed by atoms with Crippen LogP contribution >= 0.6 is 0 Å². The molecular weight excluding hydrogens is 318 g/mol. The second kappa shape index (κ2) is 12.3. The molecule has 0 spiro atoms. The first kappa shape index (κ1) is 21.0. The molecule has 0 heterocycles. The zero-order chi connectivity index (χ0) is 18.5. The maximum Gasteiger partial charge on any atom is 0.338 e. The van der Waals surface area contributed by atoms with E-state index in [1.165, 1.54) is 0 Å². The molecule has 0 aromatic heterocycles. The number of ether oxygens (including phenoxy) is 2. The van der Waals surface area contributed by atoms with Crippen molar-refractivity contribution in [3.8, 4) is 0 Å². The van der Waals surface area contributed by atoms with Crippen LogP contribution in [0.4, 0.5) is 0 Å². The Morgan fingerprint density at radius 3 is 2.52 bits per heavy atom. The van der Waals surface area contributed by atoms with Crippen LogP contribution in [0, 0.1) is 5.92 Å². The minimum absolute atomic E-state index is 0.292. The third-order valence-corrected chi connectivity index (χ3v) is 3.36. The van der Waals surface area contributed by atoms with E-state index in [1.807, 2.05) is 12.1 Å². The fourth-order valence-electron chi connectivity index (χ4n) is 2.08. The molecule has 1 rings (SSSR count). The van der Waals surface area contributed by atoms with Gasteiger partial charge in [0.1, 0.15) is 0 Å². The molecule has 0 unspecified atom stereocenters. The average Bonchev–Trinajstić information content (AvgIpc) is 2.61. The molecule has 0 atom stereocenters. The highest BCUT2D eigenvalue weighted by Gasteiger charge is 2.05. The molecule has 2 N–H and O–H groups in total. The molecule has 0 saturated heterocycles. The number of nitrogens with one attached hydrogen (secondary N) is 2. The van der Waals surface area contributed by atoms with E-state index in [0.717, 1.165) is 37.7 Å². The number of hydrogen-bond donors (Lipinski definition) is 2. The van der Waals surface area contributed by atoms with Crippen molar-refractivity contribution in [2.45, 2.75) is 33.7 Å². The molecule has 1 aromatic carbocycles. The van der Waals surface area contributed by atoms with Gasteiger partial charge in [0.15, 0.2) is 5.96 Å². The van der Waals surface area contributed by atoms with Crippen molar-refractivity contribution < 1.29 is 14.3 Å². The quantitative estimate of drug-likeness (QED) is 0.294. The van der Waals surface area contributed by atoms with Gasteiger partial charge < -0.3 is 20.1 Å². The standard InChI is InChI=1S/C19H31N3O3/c1-5-25-18(23)17-9-7-16(8-10-17)13-22-19(20-4)21-11-6-12-24-14-15(2)3/h7-10,15H,5-6,11-14H2,1-4H3,(H2,20,21,22). The molecule has 1 aromatic rings. The Morgan fingerprint density at radius 1 is 1.20 bits per heavy atom. The van der Waals surface area contributed by atoms with Gasteiger partial charge in [0, 0.05) is 33.4 Å². The molecule has 140 valence electrons. The summed E-state index contributed by atoms with van der Waals surface area (Å²) in [5, 5.41) is 6.51. The highest BCUT2D eigenvalue weighted by molar-refractivity contribution is 5.89. The van der Waals surface area contributed by atoms with Crippen molar-refractivity contribution in [2.24, 2.45) is 10.9 Å². The van der Waals surface area contributed by atoms with Gasteiger partial charge in [-0.3, -0.25) is 4.99 Å². The smallest absolute Gasteiger partial charge is 0.338 e. The predicted octanol–water partition coefficient (Wildman–Crippen LogP) is 2.59. The van der Waals surface area contributed by atoms with Gasteiger partial charge in [-0.1, -0.05) is 26.0 Å². The lowest BCUT2D eigenvalue weighted by Gasteiger charge is -2.12. The van der Waals surface area contributed by atoms with Gasteiger partial charge in [-0.2, -0.15) is 0 Å². The first-order valence-corrected chi connectivity index (χ1v) is 8.85. The van der Waals surface area contributed by atoms with E-state index in [9.17, 15) is 4.79 Å². The van der Waals surface area contributed by atoms with Crippen LogP contribution in [-0.4, -0.2) is 45.3 Å². The van der Waals surface area contributed by atoms with Crippen molar-refractivity contribution in [3.05, 3.63) is 35.4 Å². The zero-order valence-corrected chi connectivity index (χ0v) is 15.8. The number of guanidine groups is 1.